The van der Waals surface area contributed by atoms with E-state index in [-0.39, 0.29) is 18.6 Å². The lowest BCUT2D eigenvalue weighted by Crippen LogP contribution is -2.62. The summed E-state index contributed by atoms with van der Waals surface area (Å²) in [7, 11) is -1.03. The Labute approximate surface area is 234 Å². The summed E-state index contributed by atoms with van der Waals surface area (Å²) in [5.41, 5.74) is 3.28. The van der Waals surface area contributed by atoms with Crippen molar-refractivity contribution >= 4 is 16.7 Å². The van der Waals surface area contributed by atoms with Gasteiger partial charge in [-0.3, -0.25) is 13.8 Å². The molecule has 8 heteroatoms. The number of hydrogen-bond donors (Lipinski definition) is 3. The molecule has 3 saturated carbocycles. The highest BCUT2D eigenvalue weighted by Crippen LogP contribution is 2.61. The molecule has 4 fully saturated rings. The molecule has 2 aromatic carbocycles. The summed E-state index contributed by atoms with van der Waals surface area (Å²) in [6, 6.07) is 15.1. The molecule has 1 aliphatic heterocycles. The molecule has 1 amide bonds. The number of hydroxylamine groups is 2. The molecule has 7 nitrogen and oxygen atoms in total. The first-order valence-electron chi connectivity index (χ1n) is 14.1. The molecular weight excluding hydrogens is 512 g/mol. The third-order valence-corrected chi connectivity index (χ3v) is 10.8. The van der Waals surface area contributed by atoms with E-state index in [1.807, 2.05) is 42.5 Å². The van der Waals surface area contributed by atoms with Gasteiger partial charge in [0.25, 0.3) is 0 Å². The van der Waals surface area contributed by atoms with Gasteiger partial charge in [-0.05, 0) is 77.8 Å². The summed E-state index contributed by atoms with van der Waals surface area (Å²) >= 11 is 0. The van der Waals surface area contributed by atoms with Crippen LogP contribution >= 0.6 is 0 Å². The van der Waals surface area contributed by atoms with Crippen LogP contribution in [-0.4, -0.2) is 62.5 Å². The molecule has 1 heterocycles. The first-order valence-corrected chi connectivity index (χ1v) is 15.6. The van der Waals surface area contributed by atoms with Crippen LogP contribution in [0.1, 0.15) is 46.1 Å². The highest BCUT2D eigenvalue weighted by Gasteiger charge is 2.57. The van der Waals surface area contributed by atoms with Gasteiger partial charge in [-0.15, -0.1) is 0 Å². The number of fused-ring (bicyclic) bond motifs is 2. The molecule has 3 N–H and O–H groups in total. The number of rotatable bonds is 8. The van der Waals surface area contributed by atoms with Gasteiger partial charge < -0.3 is 15.5 Å². The summed E-state index contributed by atoms with van der Waals surface area (Å²) in [6.07, 6.45) is 2.38. The summed E-state index contributed by atoms with van der Waals surface area (Å²) in [6.45, 7) is 8.65. The fourth-order valence-corrected chi connectivity index (χ4v) is 7.87. The van der Waals surface area contributed by atoms with Crippen molar-refractivity contribution in [3.63, 3.8) is 0 Å². The van der Waals surface area contributed by atoms with Crippen LogP contribution in [0.2, 0.25) is 0 Å². The Morgan fingerprint density at radius 1 is 1.18 bits per heavy atom. The van der Waals surface area contributed by atoms with Crippen LogP contribution in [0, 0.1) is 29.1 Å². The van der Waals surface area contributed by atoms with Crippen LogP contribution in [0.15, 0.2) is 53.4 Å². The van der Waals surface area contributed by atoms with E-state index in [1.54, 1.807) is 18.2 Å². The number of carbonyl (C=O) groups excluding carboxylic acids is 1. The van der Waals surface area contributed by atoms with Gasteiger partial charge in [0.05, 0.1) is 19.3 Å². The van der Waals surface area contributed by atoms with Crippen LogP contribution in [0.4, 0.5) is 0 Å². The lowest BCUT2D eigenvalue weighted by atomic mass is 9.45. The minimum atomic E-state index is -1.03. The second-order valence-corrected chi connectivity index (χ2v) is 13.8. The zero-order chi connectivity index (χ0) is 28.1. The molecular formula is C31H42N2O5S. The highest BCUT2D eigenvalue weighted by molar-refractivity contribution is 7.84. The maximum Gasteiger partial charge on any atom is 0.240 e. The summed E-state index contributed by atoms with van der Waals surface area (Å²) < 4.78 is 11.8. The molecule has 6 rings (SSSR count). The Morgan fingerprint density at radius 2 is 1.90 bits per heavy atom. The maximum atomic E-state index is 13.8. The van der Waals surface area contributed by atoms with Crippen LogP contribution in [0.25, 0.3) is 11.1 Å². The van der Waals surface area contributed by atoms with E-state index in [1.165, 1.54) is 6.42 Å². The maximum absolute atomic E-state index is 13.8. The average Bonchev–Trinajstić information content (AvgIpc) is 3.28. The van der Waals surface area contributed by atoms with Crippen molar-refractivity contribution in [2.24, 2.45) is 29.1 Å². The quantitative estimate of drug-likeness (QED) is 0.460. The van der Waals surface area contributed by atoms with Crippen molar-refractivity contribution in [3.8, 4) is 11.1 Å². The van der Waals surface area contributed by atoms with Gasteiger partial charge in [-0.25, -0.2) is 0 Å². The van der Waals surface area contributed by atoms with Crippen LogP contribution in [-0.2, 0) is 27.0 Å². The van der Waals surface area contributed by atoms with Crippen LogP contribution in [0.5, 0.6) is 0 Å². The Balaban J connectivity index is 1.36. The molecule has 2 aromatic rings. The normalized spacial score (nSPS) is 33.3. The first kappa shape index (κ1) is 28.4. The van der Waals surface area contributed by atoms with Crippen molar-refractivity contribution in [1.29, 1.82) is 0 Å². The fraction of sp³-hybridized carbons (Fsp3) is 0.581. The summed E-state index contributed by atoms with van der Waals surface area (Å²) in [5.74, 6) is 0.908. The monoisotopic (exact) mass is 554 g/mol. The number of nitrogens with one attached hydrogen (secondary N) is 1. The topological polar surface area (TPSA) is 99.1 Å². The van der Waals surface area contributed by atoms with E-state index in [4.69, 9.17) is 4.84 Å². The largest absolute Gasteiger partial charge is 0.394 e. The third kappa shape index (κ3) is 5.34. The van der Waals surface area contributed by atoms with Gasteiger partial charge in [0.1, 0.15) is 12.1 Å². The number of aliphatic hydroxyl groups is 2. The molecule has 0 aromatic heterocycles. The van der Waals surface area contributed by atoms with E-state index in [0.717, 1.165) is 28.0 Å². The Hall–Kier alpha value is -2.10. The zero-order valence-corrected chi connectivity index (χ0v) is 24.4. The van der Waals surface area contributed by atoms with Gasteiger partial charge in [-0.1, -0.05) is 51.1 Å². The Morgan fingerprint density at radius 3 is 2.49 bits per heavy atom. The van der Waals surface area contributed by atoms with E-state index >= 15 is 0 Å². The van der Waals surface area contributed by atoms with Gasteiger partial charge in [0.15, 0.2) is 0 Å². The summed E-state index contributed by atoms with van der Waals surface area (Å²) in [5, 5.41) is 25.7. The molecule has 2 unspecified atom stereocenters. The van der Waals surface area contributed by atoms with Crippen LogP contribution in [0.3, 0.4) is 0 Å². The number of nitrogens with zero attached hydrogens (tertiary/aromatic N) is 1. The predicted molar refractivity (Wildman–Crippen MR) is 152 cm³/mol. The number of hydrogen-bond acceptors (Lipinski definition) is 6. The molecule has 212 valence electrons. The van der Waals surface area contributed by atoms with Crippen molar-refractivity contribution in [3.05, 3.63) is 54.1 Å². The smallest absolute Gasteiger partial charge is 0.240 e. The number of carbonyl (C=O) groups is 1. The lowest BCUT2D eigenvalue weighted by molar-refractivity contribution is -0.183. The van der Waals surface area contributed by atoms with Crippen molar-refractivity contribution in [1.82, 2.24) is 10.4 Å². The predicted octanol–water partition coefficient (Wildman–Crippen LogP) is 3.75. The Bertz CT molecular complexity index is 1220. The molecule has 4 aliphatic rings. The highest BCUT2D eigenvalue weighted by atomic mass is 32.2. The molecule has 3 aliphatic carbocycles. The molecule has 9 atom stereocenters. The SMILES string of the molecule is C[C@@H]1[C@@H](NC(=O)[C@@H]2[C@H]([C@H](C)O)C(CO)ON2Cc2cccc(-c3ccc(S(C)=O)cc3)c2)C[C@H]2C[C@@H]1C2(C)C. The van der Waals surface area contributed by atoms with Gasteiger partial charge in [0.2, 0.25) is 5.91 Å². The minimum absolute atomic E-state index is 0.0997. The number of benzene rings is 2. The van der Waals surface area contributed by atoms with Gasteiger partial charge >= 0.3 is 0 Å². The second kappa shape index (κ2) is 11.1. The standard InChI is InChI=1S/C31H42N2O5S/c1-18-25-14-23(31(25,3)4)15-26(18)32-30(36)29-28(19(2)35)27(17-34)38-33(29)16-20-7-6-8-22(13-20)21-9-11-24(12-10-21)39(5)37/h6-13,18-19,23,25-29,34-35H,14-17H2,1-5H3,(H,32,36)/t18-,19-,23+,25-,26-,27?,28+,29-,39?/m0/s1. The van der Waals surface area contributed by atoms with Crippen LogP contribution < -0.4 is 5.32 Å². The molecule has 39 heavy (non-hydrogen) atoms. The lowest BCUT2D eigenvalue weighted by Gasteiger charge is -2.62. The van der Waals surface area contributed by atoms with Crippen molar-refractivity contribution < 1.29 is 24.1 Å². The fourth-order valence-electron chi connectivity index (χ4n) is 7.35. The van der Waals surface area contributed by atoms with Gasteiger partial charge in [0, 0.05) is 33.9 Å². The molecule has 0 spiro atoms. The van der Waals surface area contributed by atoms with E-state index in [0.29, 0.717) is 29.7 Å². The van der Waals surface area contributed by atoms with E-state index in [2.05, 4.69) is 32.2 Å². The summed E-state index contributed by atoms with van der Waals surface area (Å²) in [4.78, 5) is 20.7. The number of amides is 1. The van der Waals surface area contributed by atoms with Crippen molar-refractivity contribution in [2.45, 2.75) is 76.3 Å². The second-order valence-electron chi connectivity index (χ2n) is 12.4. The molecule has 1 saturated heterocycles. The van der Waals surface area contributed by atoms with E-state index in [9.17, 15) is 19.2 Å². The molecule has 2 bridgehead atoms. The van der Waals surface area contributed by atoms with E-state index < -0.39 is 35.0 Å². The first-order chi connectivity index (χ1) is 18.5. The van der Waals surface area contributed by atoms with Gasteiger partial charge in [-0.2, -0.15) is 5.06 Å². The average molecular weight is 555 g/mol. The zero-order valence-electron chi connectivity index (χ0n) is 23.5. The minimum Gasteiger partial charge on any atom is -0.394 e. The third-order valence-electron chi connectivity index (χ3n) is 9.85. The number of aliphatic hydroxyl groups excluding tert-OH is 2. The van der Waals surface area contributed by atoms with Crippen molar-refractivity contribution in [2.75, 3.05) is 12.9 Å². The Kier molecular flexibility index (Phi) is 8.06. The molecule has 0 radical (unpaired) electrons.